The second kappa shape index (κ2) is 9.32. The number of hydrogen-bond donors (Lipinski definition) is 2. The zero-order valence-electron chi connectivity index (χ0n) is 17.2. The quantitative estimate of drug-likeness (QED) is 0.481. The van der Waals surface area contributed by atoms with Gasteiger partial charge in [0, 0.05) is 18.8 Å². The Hall–Kier alpha value is -3.52. The molecule has 0 saturated carbocycles. The van der Waals surface area contributed by atoms with E-state index in [1.807, 2.05) is 30.3 Å². The Morgan fingerprint density at radius 3 is 2.53 bits per heavy atom. The lowest BCUT2D eigenvalue weighted by Gasteiger charge is -2.27. The van der Waals surface area contributed by atoms with Gasteiger partial charge in [-0.1, -0.05) is 42.5 Å². The summed E-state index contributed by atoms with van der Waals surface area (Å²) >= 11 is 0. The van der Waals surface area contributed by atoms with Gasteiger partial charge in [-0.2, -0.15) is 20.1 Å². The molecule has 0 amide bonds. The monoisotopic (exact) mass is 403 g/mol. The standard InChI is InChI=1S/C22H25N7O/c1-16-8-9-17(2)19(14-16)24-20-25-21(28-23-15-18-6-4-3-5-7-18)27-22(26-20)29-10-12-30-13-11-29/h3-9,14-15H,10-13H2,1-2H3,(H2,24,25,26,27,28)/b23-15+. The smallest absolute Gasteiger partial charge is 0.250 e. The zero-order chi connectivity index (χ0) is 20.8. The highest BCUT2D eigenvalue weighted by Crippen LogP contribution is 2.22. The molecule has 0 atom stereocenters. The number of rotatable bonds is 6. The van der Waals surface area contributed by atoms with E-state index >= 15 is 0 Å². The Balaban J connectivity index is 1.60. The summed E-state index contributed by atoms with van der Waals surface area (Å²) in [4.78, 5) is 15.8. The van der Waals surface area contributed by atoms with Crippen LogP contribution in [0.2, 0.25) is 0 Å². The average Bonchev–Trinajstić information content (AvgIpc) is 2.77. The van der Waals surface area contributed by atoms with Gasteiger partial charge in [0.2, 0.25) is 17.8 Å². The summed E-state index contributed by atoms with van der Waals surface area (Å²) in [5.41, 5.74) is 7.17. The third kappa shape index (κ3) is 5.09. The van der Waals surface area contributed by atoms with Crippen molar-refractivity contribution in [2.24, 2.45) is 5.10 Å². The second-order valence-corrected chi connectivity index (χ2v) is 7.11. The normalized spacial score (nSPS) is 14.1. The molecule has 1 aliphatic rings. The lowest BCUT2D eigenvalue weighted by molar-refractivity contribution is 0.122. The Morgan fingerprint density at radius 2 is 1.73 bits per heavy atom. The predicted octanol–water partition coefficient (Wildman–Crippen LogP) is 3.51. The first-order valence-corrected chi connectivity index (χ1v) is 9.94. The first-order valence-electron chi connectivity index (χ1n) is 9.94. The molecule has 0 bridgehead atoms. The molecule has 2 aromatic carbocycles. The average molecular weight is 403 g/mol. The van der Waals surface area contributed by atoms with E-state index in [2.05, 4.69) is 67.7 Å². The number of anilines is 4. The van der Waals surface area contributed by atoms with E-state index in [1.165, 1.54) is 0 Å². The third-order valence-electron chi connectivity index (χ3n) is 4.73. The third-order valence-corrected chi connectivity index (χ3v) is 4.73. The minimum atomic E-state index is 0.381. The molecule has 1 aromatic heterocycles. The van der Waals surface area contributed by atoms with Gasteiger partial charge in [0.15, 0.2) is 0 Å². The van der Waals surface area contributed by atoms with E-state index in [0.29, 0.717) is 31.1 Å². The van der Waals surface area contributed by atoms with Crippen molar-refractivity contribution in [2.45, 2.75) is 13.8 Å². The minimum absolute atomic E-state index is 0.381. The molecule has 0 radical (unpaired) electrons. The molecule has 0 unspecified atom stereocenters. The molecule has 0 spiro atoms. The molecule has 4 rings (SSSR count). The number of morpholine rings is 1. The van der Waals surface area contributed by atoms with Crippen molar-refractivity contribution < 1.29 is 4.74 Å². The fourth-order valence-electron chi connectivity index (χ4n) is 3.07. The molecular formula is C22H25N7O. The van der Waals surface area contributed by atoms with Crippen molar-refractivity contribution in [3.63, 3.8) is 0 Å². The Bertz CT molecular complexity index is 1020. The summed E-state index contributed by atoms with van der Waals surface area (Å²) in [6.07, 6.45) is 1.73. The van der Waals surface area contributed by atoms with Crippen molar-refractivity contribution in [2.75, 3.05) is 41.9 Å². The van der Waals surface area contributed by atoms with Crippen LogP contribution in [0, 0.1) is 13.8 Å². The van der Waals surface area contributed by atoms with Crippen molar-refractivity contribution in [1.29, 1.82) is 0 Å². The fraction of sp³-hybridized carbons (Fsp3) is 0.273. The summed E-state index contributed by atoms with van der Waals surface area (Å²) < 4.78 is 5.45. The lowest BCUT2D eigenvalue weighted by atomic mass is 10.1. The molecule has 1 fully saturated rings. The molecule has 8 nitrogen and oxygen atoms in total. The van der Waals surface area contributed by atoms with Crippen LogP contribution in [-0.4, -0.2) is 47.5 Å². The molecule has 154 valence electrons. The van der Waals surface area contributed by atoms with Crippen LogP contribution in [0.5, 0.6) is 0 Å². The Morgan fingerprint density at radius 1 is 0.967 bits per heavy atom. The van der Waals surface area contributed by atoms with Crippen LogP contribution in [-0.2, 0) is 4.74 Å². The van der Waals surface area contributed by atoms with E-state index in [0.717, 1.165) is 35.5 Å². The molecule has 30 heavy (non-hydrogen) atoms. The fourth-order valence-corrected chi connectivity index (χ4v) is 3.07. The van der Waals surface area contributed by atoms with Crippen LogP contribution >= 0.6 is 0 Å². The number of hydrazone groups is 1. The van der Waals surface area contributed by atoms with Gasteiger partial charge in [0.1, 0.15) is 0 Å². The predicted molar refractivity (Wildman–Crippen MR) is 120 cm³/mol. The minimum Gasteiger partial charge on any atom is -0.378 e. The molecule has 8 heteroatoms. The van der Waals surface area contributed by atoms with Gasteiger partial charge >= 0.3 is 0 Å². The van der Waals surface area contributed by atoms with Crippen molar-refractivity contribution in [3.05, 3.63) is 65.2 Å². The zero-order valence-corrected chi connectivity index (χ0v) is 17.2. The number of ether oxygens (including phenoxy) is 1. The number of nitrogens with zero attached hydrogens (tertiary/aromatic N) is 5. The summed E-state index contributed by atoms with van der Waals surface area (Å²) in [5, 5.41) is 7.61. The van der Waals surface area contributed by atoms with Gasteiger partial charge in [0.25, 0.3) is 0 Å². The first kappa shape index (κ1) is 19.8. The van der Waals surface area contributed by atoms with Gasteiger partial charge < -0.3 is 15.0 Å². The molecule has 1 saturated heterocycles. The van der Waals surface area contributed by atoms with Crippen molar-refractivity contribution in [1.82, 2.24) is 15.0 Å². The van der Waals surface area contributed by atoms with E-state index in [4.69, 9.17) is 4.74 Å². The molecular weight excluding hydrogens is 378 g/mol. The van der Waals surface area contributed by atoms with Crippen LogP contribution in [0.15, 0.2) is 53.6 Å². The molecule has 3 aromatic rings. The van der Waals surface area contributed by atoms with Gasteiger partial charge in [-0.25, -0.2) is 5.43 Å². The Labute approximate surface area is 176 Å². The van der Waals surface area contributed by atoms with Crippen LogP contribution < -0.4 is 15.6 Å². The number of hydrogen-bond acceptors (Lipinski definition) is 8. The van der Waals surface area contributed by atoms with Crippen LogP contribution in [0.4, 0.5) is 23.5 Å². The van der Waals surface area contributed by atoms with Gasteiger partial charge in [-0.05, 0) is 36.6 Å². The number of aromatic nitrogens is 3. The van der Waals surface area contributed by atoms with Crippen LogP contribution in [0.3, 0.4) is 0 Å². The molecule has 1 aliphatic heterocycles. The molecule has 2 heterocycles. The van der Waals surface area contributed by atoms with E-state index < -0.39 is 0 Å². The molecule has 0 aliphatic carbocycles. The van der Waals surface area contributed by atoms with Crippen LogP contribution in [0.1, 0.15) is 16.7 Å². The van der Waals surface area contributed by atoms with Crippen molar-refractivity contribution in [3.8, 4) is 0 Å². The number of benzene rings is 2. The maximum absolute atomic E-state index is 5.45. The number of nitrogens with one attached hydrogen (secondary N) is 2. The maximum Gasteiger partial charge on any atom is 0.250 e. The highest BCUT2D eigenvalue weighted by Gasteiger charge is 2.17. The number of aryl methyl sites for hydroxylation is 2. The van der Waals surface area contributed by atoms with Gasteiger partial charge in [-0.15, -0.1) is 0 Å². The highest BCUT2D eigenvalue weighted by molar-refractivity contribution is 5.79. The van der Waals surface area contributed by atoms with E-state index in [1.54, 1.807) is 6.21 Å². The summed E-state index contributed by atoms with van der Waals surface area (Å²) in [7, 11) is 0. The Kier molecular flexibility index (Phi) is 6.14. The summed E-state index contributed by atoms with van der Waals surface area (Å²) in [6.45, 7) is 6.89. The van der Waals surface area contributed by atoms with Gasteiger partial charge in [0.05, 0.1) is 19.4 Å². The SMILES string of the molecule is Cc1ccc(C)c(Nc2nc(N/N=C/c3ccccc3)nc(N3CCOCC3)n2)c1. The highest BCUT2D eigenvalue weighted by atomic mass is 16.5. The largest absolute Gasteiger partial charge is 0.378 e. The van der Waals surface area contributed by atoms with E-state index in [9.17, 15) is 0 Å². The van der Waals surface area contributed by atoms with E-state index in [-0.39, 0.29) is 0 Å². The topological polar surface area (TPSA) is 87.6 Å². The first-order chi connectivity index (χ1) is 14.7. The van der Waals surface area contributed by atoms with Gasteiger partial charge in [-0.3, -0.25) is 0 Å². The maximum atomic E-state index is 5.45. The van der Waals surface area contributed by atoms with Crippen LogP contribution in [0.25, 0.3) is 0 Å². The summed E-state index contributed by atoms with van der Waals surface area (Å²) in [6, 6.07) is 16.1. The molecule has 2 N–H and O–H groups in total. The lowest BCUT2D eigenvalue weighted by Crippen LogP contribution is -2.37. The van der Waals surface area contributed by atoms with Crippen molar-refractivity contribution >= 4 is 29.7 Å². The summed E-state index contributed by atoms with van der Waals surface area (Å²) in [5.74, 6) is 1.45. The second-order valence-electron chi connectivity index (χ2n) is 7.11.